The maximum absolute atomic E-state index is 4.30. The van der Waals surface area contributed by atoms with Gasteiger partial charge in [-0.1, -0.05) is 39.7 Å². The summed E-state index contributed by atoms with van der Waals surface area (Å²) in [6, 6.07) is 6.42. The van der Waals surface area contributed by atoms with E-state index in [9.17, 15) is 0 Å². The van der Waals surface area contributed by atoms with E-state index < -0.39 is 0 Å². The Kier molecular flexibility index (Phi) is 3.62. The summed E-state index contributed by atoms with van der Waals surface area (Å²) in [5.41, 5.74) is 3.68. The van der Waals surface area contributed by atoms with Gasteiger partial charge < -0.3 is 4.57 Å². The van der Waals surface area contributed by atoms with Crippen molar-refractivity contribution in [2.45, 2.75) is 32.6 Å². The number of aryl methyl sites for hydroxylation is 2. The average Bonchev–Trinajstić information content (AvgIpc) is 2.71. The number of nitrogens with zero attached hydrogens (tertiary/aromatic N) is 3. The van der Waals surface area contributed by atoms with Crippen molar-refractivity contribution in [3.63, 3.8) is 0 Å². The molecule has 0 amide bonds. The van der Waals surface area contributed by atoms with Crippen molar-refractivity contribution < 1.29 is 0 Å². The molecule has 2 aromatic rings. The summed E-state index contributed by atoms with van der Waals surface area (Å²) in [7, 11) is 0. The number of alkyl halides is 1. The largest absolute Gasteiger partial charge is 0.311 e. The topological polar surface area (TPSA) is 30.7 Å². The maximum atomic E-state index is 4.30. The van der Waals surface area contributed by atoms with Gasteiger partial charge in [-0.2, -0.15) is 0 Å². The van der Waals surface area contributed by atoms with Crippen LogP contribution < -0.4 is 0 Å². The number of aromatic nitrogens is 3. The quantitative estimate of drug-likeness (QED) is 0.811. The molecule has 0 radical (unpaired) electrons. The minimum Gasteiger partial charge on any atom is -0.311 e. The van der Waals surface area contributed by atoms with Gasteiger partial charge in [0.2, 0.25) is 0 Å². The number of hydrogen-bond donors (Lipinski definition) is 0. The highest BCUT2D eigenvalue weighted by Crippen LogP contribution is 2.23. The molecule has 4 heteroatoms. The summed E-state index contributed by atoms with van der Waals surface area (Å²) in [6.07, 6.45) is 0. The van der Waals surface area contributed by atoms with E-state index in [-0.39, 0.29) is 0 Å². The Balaban J connectivity index is 2.56. The zero-order valence-corrected chi connectivity index (χ0v) is 12.0. The fourth-order valence-corrected chi connectivity index (χ4v) is 2.45. The summed E-state index contributed by atoms with van der Waals surface area (Å²) in [5, 5.41) is 9.25. The van der Waals surface area contributed by atoms with Gasteiger partial charge in [-0.25, -0.2) is 0 Å². The molecule has 1 aromatic carbocycles. The minimum absolute atomic E-state index is 0.735. The van der Waals surface area contributed by atoms with Crippen LogP contribution in [0.15, 0.2) is 18.2 Å². The lowest BCUT2D eigenvalue weighted by atomic mass is 10.1. The van der Waals surface area contributed by atoms with Crippen molar-refractivity contribution in [3.05, 3.63) is 35.2 Å². The molecule has 0 atom stereocenters. The molecule has 90 valence electrons. The summed E-state index contributed by atoms with van der Waals surface area (Å²) < 4.78 is 2.15. The highest BCUT2D eigenvalue weighted by atomic mass is 79.9. The van der Waals surface area contributed by atoms with Crippen molar-refractivity contribution in [1.29, 1.82) is 0 Å². The average molecular weight is 294 g/mol. The molecule has 2 rings (SSSR count). The molecule has 0 unspecified atom stereocenters. The molecule has 0 bridgehead atoms. The standard InChI is InChI=1S/C13H16BrN3/c1-4-17-12(8-14)15-16-13(17)11-6-5-9(2)7-10(11)3/h5-7H,4,8H2,1-3H3. The van der Waals surface area contributed by atoms with Crippen LogP contribution in [-0.4, -0.2) is 14.8 Å². The first kappa shape index (κ1) is 12.3. The zero-order valence-electron chi connectivity index (χ0n) is 10.4. The second kappa shape index (κ2) is 5.00. The summed E-state index contributed by atoms with van der Waals surface area (Å²) in [4.78, 5) is 0. The van der Waals surface area contributed by atoms with Crippen LogP contribution >= 0.6 is 15.9 Å². The lowest BCUT2D eigenvalue weighted by Crippen LogP contribution is -2.02. The molecular formula is C13H16BrN3. The highest BCUT2D eigenvalue weighted by Gasteiger charge is 2.13. The first-order chi connectivity index (χ1) is 8.17. The molecule has 0 saturated carbocycles. The predicted octanol–water partition coefficient (Wildman–Crippen LogP) is 3.48. The lowest BCUT2D eigenvalue weighted by Gasteiger charge is -2.09. The molecular weight excluding hydrogens is 278 g/mol. The third-order valence-corrected chi connectivity index (χ3v) is 3.39. The number of hydrogen-bond acceptors (Lipinski definition) is 2. The smallest absolute Gasteiger partial charge is 0.164 e. The van der Waals surface area contributed by atoms with E-state index >= 15 is 0 Å². The maximum Gasteiger partial charge on any atom is 0.164 e. The first-order valence-corrected chi connectivity index (χ1v) is 6.85. The predicted molar refractivity (Wildman–Crippen MR) is 73.2 cm³/mol. The molecule has 3 nitrogen and oxygen atoms in total. The van der Waals surface area contributed by atoms with E-state index in [1.165, 1.54) is 11.1 Å². The molecule has 0 fully saturated rings. The second-order valence-corrected chi connectivity index (χ2v) is 4.70. The molecule has 1 aromatic heterocycles. The van der Waals surface area contributed by atoms with Crippen LogP contribution in [0.5, 0.6) is 0 Å². The first-order valence-electron chi connectivity index (χ1n) is 5.73. The van der Waals surface area contributed by atoms with Crippen LogP contribution in [0, 0.1) is 13.8 Å². The molecule has 0 aliphatic heterocycles. The van der Waals surface area contributed by atoms with E-state index in [4.69, 9.17) is 0 Å². The highest BCUT2D eigenvalue weighted by molar-refractivity contribution is 9.08. The summed E-state index contributed by atoms with van der Waals surface area (Å²) in [6.45, 7) is 7.22. The van der Waals surface area contributed by atoms with E-state index in [2.05, 4.69) is 69.7 Å². The Morgan fingerprint density at radius 3 is 2.59 bits per heavy atom. The van der Waals surface area contributed by atoms with Crippen LogP contribution in [0.25, 0.3) is 11.4 Å². The molecule has 0 aliphatic carbocycles. The van der Waals surface area contributed by atoms with Crippen LogP contribution in [0.3, 0.4) is 0 Å². The summed E-state index contributed by atoms with van der Waals surface area (Å²) >= 11 is 3.44. The second-order valence-electron chi connectivity index (χ2n) is 4.14. The fourth-order valence-electron chi connectivity index (χ4n) is 2.03. The van der Waals surface area contributed by atoms with Gasteiger partial charge in [0, 0.05) is 12.1 Å². The van der Waals surface area contributed by atoms with Gasteiger partial charge in [0.25, 0.3) is 0 Å². The number of rotatable bonds is 3. The Labute approximate surface area is 110 Å². The third kappa shape index (κ3) is 2.27. The Morgan fingerprint density at radius 1 is 1.24 bits per heavy atom. The van der Waals surface area contributed by atoms with Crippen LogP contribution in [0.1, 0.15) is 23.9 Å². The van der Waals surface area contributed by atoms with Crippen molar-refractivity contribution in [2.24, 2.45) is 0 Å². The Hall–Kier alpha value is -1.16. The normalized spacial score (nSPS) is 10.8. The van der Waals surface area contributed by atoms with Crippen molar-refractivity contribution in [3.8, 4) is 11.4 Å². The van der Waals surface area contributed by atoms with E-state index in [1.807, 2.05) is 0 Å². The van der Waals surface area contributed by atoms with Gasteiger partial charge in [0.1, 0.15) is 5.82 Å². The fraction of sp³-hybridized carbons (Fsp3) is 0.385. The molecule has 0 spiro atoms. The van der Waals surface area contributed by atoms with Gasteiger partial charge in [0.15, 0.2) is 5.82 Å². The monoisotopic (exact) mass is 293 g/mol. The van der Waals surface area contributed by atoms with E-state index in [0.717, 1.165) is 29.1 Å². The van der Waals surface area contributed by atoms with Gasteiger partial charge >= 0.3 is 0 Å². The molecule has 17 heavy (non-hydrogen) atoms. The lowest BCUT2D eigenvalue weighted by molar-refractivity contribution is 0.733. The SMILES string of the molecule is CCn1c(CBr)nnc1-c1ccc(C)cc1C. The van der Waals surface area contributed by atoms with Crippen molar-refractivity contribution in [2.75, 3.05) is 0 Å². The van der Waals surface area contributed by atoms with Crippen LogP contribution in [0.4, 0.5) is 0 Å². The van der Waals surface area contributed by atoms with E-state index in [1.54, 1.807) is 0 Å². The molecule has 0 aliphatic rings. The zero-order chi connectivity index (χ0) is 12.4. The van der Waals surface area contributed by atoms with Crippen molar-refractivity contribution >= 4 is 15.9 Å². The van der Waals surface area contributed by atoms with Gasteiger partial charge in [0.05, 0.1) is 5.33 Å². The molecule has 0 N–H and O–H groups in total. The van der Waals surface area contributed by atoms with Gasteiger partial charge in [-0.05, 0) is 26.3 Å². The molecule has 1 heterocycles. The van der Waals surface area contributed by atoms with Crippen LogP contribution in [0.2, 0.25) is 0 Å². The van der Waals surface area contributed by atoms with Gasteiger partial charge in [-0.3, -0.25) is 0 Å². The minimum atomic E-state index is 0.735. The summed E-state index contributed by atoms with van der Waals surface area (Å²) in [5.74, 6) is 1.93. The number of benzene rings is 1. The number of halogens is 1. The Morgan fingerprint density at radius 2 is 2.00 bits per heavy atom. The molecule has 0 saturated heterocycles. The van der Waals surface area contributed by atoms with Gasteiger partial charge in [-0.15, -0.1) is 10.2 Å². The van der Waals surface area contributed by atoms with Crippen molar-refractivity contribution in [1.82, 2.24) is 14.8 Å². The third-order valence-electron chi connectivity index (χ3n) is 2.89. The van der Waals surface area contributed by atoms with Crippen LogP contribution in [-0.2, 0) is 11.9 Å². The Bertz CT molecular complexity index is 531. The van der Waals surface area contributed by atoms with E-state index in [0.29, 0.717) is 0 Å².